The predicted molar refractivity (Wildman–Crippen MR) is 137 cm³/mol. The Bertz CT molecular complexity index is 1340. The Hall–Kier alpha value is -3.78. The van der Waals surface area contributed by atoms with Crippen LogP contribution in [0.25, 0.3) is 22.0 Å². The number of aromatic nitrogens is 4. The Morgan fingerprint density at radius 1 is 0.914 bits per heavy atom. The summed E-state index contributed by atoms with van der Waals surface area (Å²) in [5, 5.41) is 11.0. The van der Waals surface area contributed by atoms with Crippen LogP contribution in [0.4, 0.5) is 11.4 Å². The molecule has 0 saturated carbocycles. The highest BCUT2D eigenvalue weighted by atomic mass is 16.1. The molecule has 0 spiro atoms. The minimum Gasteiger partial charge on any atom is -0.370 e. The number of benzene rings is 1. The zero-order chi connectivity index (χ0) is 23.6. The molecule has 2 aliphatic rings. The van der Waals surface area contributed by atoms with Gasteiger partial charge in [-0.1, -0.05) is 6.07 Å². The van der Waals surface area contributed by atoms with Crippen molar-refractivity contribution in [1.29, 1.82) is 0 Å². The molecule has 0 bridgehead atoms. The predicted octanol–water partition coefficient (Wildman–Crippen LogP) is 4.47. The van der Waals surface area contributed by atoms with Crippen molar-refractivity contribution in [3.63, 3.8) is 0 Å². The molecule has 178 valence electrons. The van der Waals surface area contributed by atoms with Crippen LogP contribution in [0.2, 0.25) is 0 Å². The lowest BCUT2D eigenvalue weighted by atomic mass is 10.0. The van der Waals surface area contributed by atoms with Gasteiger partial charge in [-0.2, -0.15) is 5.10 Å². The van der Waals surface area contributed by atoms with Gasteiger partial charge in [0.05, 0.1) is 35.0 Å². The lowest BCUT2D eigenvalue weighted by molar-refractivity contribution is 0.102. The highest BCUT2D eigenvalue weighted by Gasteiger charge is 2.17. The van der Waals surface area contributed by atoms with Crippen molar-refractivity contribution in [1.82, 2.24) is 25.1 Å². The highest BCUT2D eigenvalue weighted by molar-refractivity contribution is 6.11. The minimum atomic E-state index is -0.258. The molecule has 2 aliphatic heterocycles. The number of amides is 1. The van der Waals surface area contributed by atoms with Crippen molar-refractivity contribution in [3.8, 4) is 11.1 Å². The molecular weight excluding hydrogens is 438 g/mol. The summed E-state index contributed by atoms with van der Waals surface area (Å²) in [6, 6.07) is 12.1. The first-order chi connectivity index (χ1) is 17.2. The lowest BCUT2D eigenvalue weighted by Crippen LogP contribution is -2.19. The van der Waals surface area contributed by atoms with Gasteiger partial charge in [-0.25, -0.2) is 0 Å². The standard InChI is InChI=1S/C27H29N7O/c35-27(30-21-6-7-22(29-16-21)18-33-9-1-2-10-33)26-24-14-19(5-8-25(24)31-32-26)20-13-23(17-28-15-20)34-11-3-4-12-34/h5-8,13-17H,1-4,9-12,18H2,(H,30,35)(H,31,32). The van der Waals surface area contributed by atoms with E-state index in [-0.39, 0.29) is 5.91 Å². The van der Waals surface area contributed by atoms with E-state index in [0.717, 1.165) is 66.1 Å². The van der Waals surface area contributed by atoms with Gasteiger partial charge in [0.2, 0.25) is 0 Å². The van der Waals surface area contributed by atoms with Crippen molar-refractivity contribution in [2.45, 2.75) is 32.2 Å². The summed E-state index contributed by atoms with van der Waals surface area (Å²) in [5.41, 5.74) is 6.05. The average Bonchev–Trinajstić information content (AvgIpc) is 3.67. The molecule has 35 heavy (non-hydrogen) atoms. The van der Waals surface area contributed by atoms with Crippen molar-refractivity contribution < 1.29 is 4.79 Å². The fourth-order valence-corrected chi connectivity index (χ4v) is 5.05. The summed E-state index contributed by atoms with van der Waals surface area (Å²) < 4.78 is 0. The third kappa shape index (κ3) is 4.61. The normalized spacial score (nSPS) is 16.3. The van der Waals surface area contributed by atoms with Crippen LogP contribution >= 0.6 is 0 Å². The topological polar surface area (TPSA) is 90.0 Å². The molecule has 6 rings (SSSR count). The van der Waals surface area contributed by atoms with E-state index >= 15 is 0 Å². The Kier molecular flexibility index (Phi) is 5.88. The van der Waals surface area contributed by atoms with E-state index in [1.54, 1.807) is 6.20 Å². The minimum absolute atomic E-state index is 0.258. The Labute approximate surface area is 204 Å². The fraction of sp³-hybridized carbons (Fsp3) is 0.333. The first-order valence-corrected chi connectivity index (χ1v) is 12.4. The van der Waals surface area contributed by atoms with Gasteiger partial charge < -0.3 is 10.2 Å². The van der Waals surface area contributed by atoms with Crippen molar-refractivity contribution >= 4 is 28.2 Å². The maximum atomic E-state index is 13.1. The second-order valence-corrected chi connectivity index (χ2v) is 9.43. The molecule has 5 heterocycles. The Balaban J connectivity index is 1.21. The number of anilines is 2. The number of rotatable bonds is 6. The number of carbonyl (C=O) groups is 1. The molecule has 3 aromatic heterocycles. The molecule has 1 amide bonds. The number of pyridine rings is 2. The first kappa shape index (κ1) is 21.7. The van der Waals surface area contributed by atoms with Gasteiger partial charge >= 0.3 is 0 Å². The van der Waals surface area contributed by atoms with Gasteiger partial charge in [-0.3, -0.25) is 24.8 Å². The van der Waals surface area contributed by atoms with Gasteiger partial charge in [-0.15, -0.1) is 0 Å². The number of hydrogen-bond acceptors (Lipinski definition) is 6. The summed E-state index contributed by atoms with van der Waals surface area (Å²) in [4.78, 5) is 26.9. The SMILES string of the molecule is O=C(Nc1ccc(CN2CCCC2)nc1)c1n[nH]c2ccc(-c3cncc(N4CCCC4)c3)cc12. The third-order valence-electron chi connectivity index (χ3n) is 6.97. The molecule has 0 atom stereocenters. The summed E-state index contributed by atoms with van der Waals surface area (Å²) >= 11 is 0. The molecule has 8 nitrogen and oxygen atoms in total. The summed E-state index contributed by atoms with van der Waals surface area (Å²) in [7, 11) is 0. The van der Waals surface area contributed by atoms with Crippen LogP contribution in [-0.2, 0) is 6.54 Å². The highest BCUT2D eigenvalue weighted by Crippen LogP contribution is 2.29. The number of hydrogen-bond donors (Lipinski definition) is 2. The van der Waals surface area contributed by atoms with Crippen LogP contribution in [0.5, 0.6) is 0 Å². The zero-order valence-electron chi connectivity index (χ0n) is 19.7. The Morgan fingerprint density at radius 2 is 1.74 bits per heavy atom. The molecule has 0 aliphatic carbocycles. The summed E-state index contributed by atoms with van der Waals surface area (Å²) in [6.45, 7) is 5.27. The molecule has 2 saturated heterocycles. The van der Waals surface area contributed by atoms with Gasteiger partial charge in [-0.05, 0) is 74.7 Å². The molecule has 0 unspecified atom stereocenters. The van der Waals surface area contributed by atoms with E-state index in [2.05, 4.69) is 41.3 Å². The average molecular weight is 468 g/mol. The van der Waals surface area contributed by atoms with E-state index in [1.165, 1.54) is 25.7 Å². The van der Waals surface area contributed by atoms with E-state index in [1.807, 2.05) is 42.7 Å². The van der Waals surface area contributed by atoms with Gasteiger partial charge in [0.1, 0.15) is 0 Å². The largest absolute Gasteiger partial charge is 0.370 e. The van der Waals surface area contributed by atoms with Gasteiger partial charge in [0, 0.05) is 36.8 Å². The second kappa shape index (κ2) is 9.46. The maximum absolute atomic E-state index is 13.1. The van der Waals surface area contributed by atoms with Crippen molar-refractivity contribution in [2.75, 3.05) is 36.4 Å². The van der Waals surface area contributed by atoms with Crippen LogP contribution in [0.1, 0.15) is 41.9 Å². The van der Waals surface area contributed by atoms with Crippen LogP contribution in [0.15, 0.2) is 55.0 Å². The Morgan fingerprint density at radius 3 is 2.54 bits per heavy atom. The molecule has 8 heteroatoms. The smallest absolute Gasteiger partial charge is 0.276 e. The van der Waals surface area contributed by atoms with Crippen LogP contribution in [0.3, 0.4) is 0 Å². The van der Waals surface area contributed by atoms with Crippen LogP contribution in [0, 0.1) is 0 Å². The monoisotopic (exact) mass is 467 g/mol. The molecule has 1 aromatic carbocycles. The molecule has 0 radical (unpaired) electrons. The molecular formula is C27H29N7O. The second-order valence-electron chi connectivity index (χ2n) is 9.43. The van der Waals surface area contributed by atoms with Crippen molar-refractivity contribution in [3.05, 3.63) is 66.4 Å². The number of H-pyrrole nitrogens is 1. The van der Waals surface area contributed by atoms with E-state index in [0.29, 0.717) is 11.4 Å². The van der Waals surface area contributed by atoms with Crippen LogP contribution in [-0.4, -0.2) is 57.2 Å². The molecule has 4 aromatic rings. The third-order valence-corrected chi connectivity index (χ3v) is 6.97. The maximum Gasteiger partial charge on any atom is 0.276 e. The fourth-order valence-electron chi connectivity index (χ4n) is 5.05. The quantitative estimate of drug-likeness (QED) is 0.435. The zero-order valence-corrected chi connectivity index (χ0v) is 19.7. The van der Waals surface area contributed by atoms with Gasteiger partial charge in [0.15, 0.2) is 5.69 Å². The number of likely N-dealkylation sites (tertiary alicyclic amines) is 1. The van der Waals surface area contributed by atoms with E-state index in [4.69, 9.17) is 0 Å². The number of nitrogens with one attached hydrogen (secondary N) is 2. The molecule has 2 fully saturated rings. The lowest BCUT2D eigenvalue weighted by Gasteiger charge is -2.17. The van der Waals surface area contributed by atoms with Crippen molar-refractivity contribution in [2.24, 2.45) is 0 Å². The summed E-state index contributed by atoms with van der Waals surface area (Å²) in [6.07, 6.45) is 10.5. The number of fused-ring (bicyclic) bond motifs is 1. The number of aromatic amines is 1. The molecule has 2 N–H and O–H groups in total. The number of carbonyl (C=O) groups excluding carboxylic acids is 1. The van der Waals surface area contributed by atoms with Gasteiger partial charge in [0.25, 0.3) is 5.91 Å². The van der Waals surface area contributed by atoms with E-state index in [9.17, 15) is 4.79 Å². The van der Waals surface area contributed by atoms with Crippen LogP contribution < -0.4 is 10.2 Å². The van der Waals surface area contributed by atoms with E-state index < -0.39 is 0 Å². The number of nitrogens with zero attached hydrogens (tertiary/aromatic N) is 5. The summed E-state index contributed by atoms with van der Waals surface area (Å²) in [5.74, 6) is -0.258. The first-order valence-electron chi connectivity index (χ1n) is 12.4.